The van der Waals surface area contributed by atoms with Gasteiger partial charge in [0.2, 0.25) is 11.8 Å². The summed E-state index contributed by atoms with van der Waals surface area (Å²) in [7, 11) is 0. The maximum atomic E-state index is 12.3. The van der Waals surface area contributed by atoms with Crippen molar-refractivity contribution >= 4 is 11.8 Å². The van der Waals surface area contributed by atoms with Crippen molar-refractivity contribution in [2.45, 2.75) is 32.2 Å². The maximum absolute atomic E-state index is 12.3. The number of likely N-dealkylation sites (tertiary alicyclic amines) is 1. The molecular formula is C17H24N2O3. The molecule has 2 N–H and O–H groups in total. The first kappa shape index (κ1) is 16.5. The van der Waals surface area contributed by atoms with E-state index < -0.39 is 0 Å². The molecule has 1 aromatic carbocycles. The molecule has 2 atom stereocenters. The summed E-state index contributed by atoms with van der Waals surface area (Å²) in [4.78, 5) is 25.7. The molecule has 0 spiro atoms. The van der Waals surface area contributed by atoms with Crippen LogP contribution in [-0.4, -0.2) is 47.6 Å². The highest BCUT2D eigenvalue weighted by Gasteiger charge is 2.31. The number of carbonyl (C=O) groups excluding carboxylic acids is 2. The first-order valence-corrected chi connectivity index (χ1v) is 7.87. The molecule has 1 saturated heterocycles. The average Bonchev–Trinajstić information content (AvgIpc) is 3.04. The minimum absolute atomic E-state index is 0.0682. The molecule has 1 heterocycles. The number of aliphatic hydroxyl groups excluding tert-OH is 1. The van der Waals surface area contributed by atoms with Crippen molar-refractivity contribution in [3.63, 3.8) is 0 Å². The van der Waals surface area contributed by atoms with E-state index in [1.54, 1.807) is 4.90 Å². The molecule has 1 aliphatic rings. The summed E-state index contributed by atoms with van der Waals surface area (Å²) in [6, 6.07) is 9.49. The van der Waals surface area contributed by atoms with Gasteiger partial charge >= 0.3 is 0 Å². The molecule has 2 rings (SSSR count). The first-order chi connectivity index (χ1) is 10.6. The highest BCUT2D eigenvalue weighted by Crippen LogP contribution is 2.17. The van der Waals surface area contributed by atoms with Crippen molar-refractivity contribution in [3.05, 3.63) is 35.9 Å². The van der Waals surface area contributed by atoms with Gasteiger partial charge in [-0.25, -0.2) is 0 Å². The van der Waals surface area contributed by atoms with Crippen LogP contribution < -0.4 is 5.32 Å². The van der Waals surface area contributed by atoms with Crippen LogP contribution in [-0.2, 0) is 16.0 Å². The molecule has 0 saturated carbocycles. The van der Waals surface area contributed by atoms with E-state index in [0.29, 0.717) is 32.4 Å². The Labute approximate surface area is 131 Å². The van der Waals surface area contributed by atoms with E-state index in [1.807, 2.05) is 37.3 Å². The molecule has 5 heteroatoms. The fourth-order valence-electron chi connectivity index (χ4n) is 2.80. The molecule has 5 nitrogen and oxygen atoms in total. The molecule has 1 aromatic rings. The summed E-state index contributed by atoms with van der Waals surface area (Å²) in [6.45, 7) is 2.87. The zero-order valence-corrected chi connectivity index (χ0v) is 13.0. The quantitative estimate of drug-likeness (QED) is 0.822. The molecular weight excluding hydrogens is 280 g/mol. The van der Waals surface area contributed by atoms with Crippen molar-refractivity contribution in [3.8, 4) is 0 Å². The number of carbonyl (C=O) groups is 2. The average molecular weight is 304 g/mol. The van der Waals surface area contributed by atoms with Gasteiger partial charge in [0, 0.05) is 19.5 Å². The van der Waals surface area contributed by atoms with Gasteiger partial charge in [-0.3, -0.25) is 9.59 Å². The third-order valence-corrected chi connectivity index (χ3v) is 4.11. The van der Waals surface area contributed by atoms with E-state index in [0.717, 1.165) is 5.56 Å². The Balaban J connectivity index is 1.86. The second-order valence-electron chi connectivity index (χ2n) is 5.76. The van der Waals surface area contributed by atoms with Crippen LogP contribution in [0.1, 0.15) is 25.3 Å². The Morgan fingerprint density at radius 2 is 2.09 bits per heavy atom. The van der Waals surface area contributed by atoms with Gasteiger partial charge in [0.1, 0.15) is 0 Å². The zero-order valence-electron chi connectivity index (χ0n) is 13.0. The Morgan fingerprint density at radius 3 is 2.73 bits per heavy atom. The lowest BCUT2D eigenvalue weighted by atomic mass is 10.0. The van der Waals surface area contributed by atoms with E-state index in [-0.39, 0.29) is 30.4 Å². The minimum atomic E-state index is -0.286. The molecule has 0 aromatic heterocycles. The number of amides is 2. The highest BCUT2D eigenvalue weighted by molar-refractivity contribution is 5.82. The third kappa shape index (κ3) is 4.31. The van der Waals surface area contributed by atoms with Crippen molar-refractivity contribution in [1.82, 2.24) is 10.2 Å². The van der Waals surface area contributed by atoms with Gasteiger partial charge in [0.05, 0.1) is 18.6 Å². The predicted octanol–water partition coefficient (Wildman–Crippen LogP) is 0.965. The van der Waals surface area contributed by atoms with E-state index in [2.05, 4.69) is 5.32 Å². The topological polar surface area (TPSA) is 69.6 Å². The predicted molar refractivity (Wildman–Crippen MR) is 84.1 cm³/mol. The first-order valence-electron chi connectivity index (χ1n) is 7.87. The Morgan fingerprint density at radius 1 is 1.36 bits per heavy atom. The van der Waals surface area contributed by atoms with Gasteiger partial charge in [-0.2, -0.15) is 0 Å². The van der Waals surface area contributed by atoms with Crippen LogP contribution in [0.25, 0.3) is 0 Å². The van der Waals surface area contributed by atoms with Crippen LogP contribution in [0, 0.1) is 5.92 Å². The number of hydrogen-bond acceptors (Lipinski definition) is 3. The summed E-state index contributed by atoms with van der Waals surface area (Å²) in [5, 5.41) is 12.4. The lowest BCUT2D eigenvalue weighted by molar-refractivity contribution is -0.130. The number of rotatable bonds is 6. The number of benzene rings is 1. The molecule has 0 radical (unpaired) electrons. The molecule has 120 valence electrons. The van der Waals surface area contributed by atoms with Crippen molar-refractivity contribution in [2.24, 2.45) is 5.92 Å². The van der Waals surface area contributed by atoms with E-state index in [1.165, 1.54) is 0 Å². The van der Waals surface area contributed by atoms with Crippen LogP contribution in [0.2, 0.25) is 0 Å². The lowest BCUT2D eigenvalue weighted by Gasteiger charge is -2.19. The molecule has 1 fully saturated rings. The fourth-order valence-corrected chi connectivity index (χ4v) is 2.80. The molecule has 2 unspecified atom stereocenters. The number of nitrogens with zero attached hydrogens (tertiary/aromatic N) is 1. The van der Waals surface area contributed by atoms with Crippen LogP contribution in [0.15, 0.2) is 30.3 Å². The molecule has 22 heavy (non-hydrogen) atoms. The van der Waals surface area contributed by atoms with Crippen LogP contribution in [0.3, 0.4) is 0 Å². The standard InChI is InChI=1S/C17H24N2O3/c1-2-16(21)19-9-8-14(11-19)17(22)18-15(12-20)10-13-6-4-3-5-7-13/h3-7,14-15,20H,2,8-12H2,1H3,(H,18,22). The molecule has 1 aliphatic heterocycles. The van der Waals surface area contributed by atoms with Gasteiger partial charge in [-0.1, -0.05) is 37.3 Å². The summed E-state index contributed by atoms with van der Waals surface area (Å²) < 4.78 is 0. The van der Waals surface area contributed by atoms with Gasteiger partial charge in [-0.15, -0.1) is 0 Å². The largest absolute Gasteiger partial charge is 0.394 e. The second kappa shape index (κ2) is 7.94. The summed E-state index contributed by atoms with van der Waals surface area (Å²) >= 11 is 0. The van der Waals surface area contributed by atoms with Crippen molar-refractivity contribution in [2.75, 3.05) is 19.7 Å². The Kier molecular flexibility index (Phi) is 5.95. The SMILES string of the molecule is CCC(=O)N1CCC(C(=O)NC(CO)Cc2ccccc2)C1. The van der Waals surface area contributed by atoms with Crippen LogP contribution in [0.4, 0.5) is 0 Å². The summed E-state index contributed by atoms with van der Waals surface area (Å²) in [6.07, 6.45) is 1.77. The van der Waals surface area contributed by atoms with Crippen molar-refractivity contribution in [1.29, 1.82) is 0 Å². The second-order valence-corrected chi connectivity index (χ2v) is 5.76. The molecule has 2 amide bonds. The van der Waals surface area contributed by atoms with E-state index in [9.17, 15) is 14.7 Å². The van der Waals surface area contributed by atoms with Gasteiger partial charge in [0.25, 0.3) is 0 Å². The van der Waals surface area contributed by atoms with Gasteiger partial charge < -0.3 is 15.3 Å². The summed E-state index contributed by atoms with van der Waals surface area (Å²) in [5.41, 5.74) is 1.08. The van der Waals surface area contributed by atoms with Crippen LogP contribution >= 0.6 is 0 Å². The van der Waals surface area contributed by atoms with Gasteiger partial charge in [0.15, 0.2) is 0 Å². The van der Waals surface area contributed by atoms with Crippen LogP contribution in [0.5, 0.6) is 0 Å². The monoisotopic (exact) mass is 304 g/mol. The summed E-state index contributed by atoms with van der Waals surface area (Å²) in [5.74, 6) is -0.139. The third-order valence-electron chi connectivity index (χ3n) is 4.11. The fraction of sp³-hybridized carbons (Fsp3) is 0.529. The number of nitrogens with one attached hydrogen (secondary N) is 1. The lowest BCUT2D eigenvalue weighted by Crippen LogP contribution is -2.43. The Bertz CT molecular complexity index is 504. The Hall–Kier alpha value is -1.88. The minimum Gasteiger partial charge on any atom is -0.394 e. The van der Waals surface area contributed by atoms with E-state index in [4.69, 9.17) is 0 Å². The van der Waals surface area contributed by atoms with Crippen molar-refractivity contribution < 1.29 is 14.7 Å². The number of hydrogen-bond donors (Lipinski definition) is 2. The highest BCUT2D eigenvalue weighted by atomic mass is 16.3. The molecule has 0 bridgehead atoms. The van der Waals surface area contributed by atoms with Gasteiger partial charge in [-0.05, 0) is 18.4 Å². The normalized spacial score (nSPS) is 19.0. The molecule has 0 aliphatic carbocycles. The zero-order chi connectivity index (χ0) is 15.9. The number of aliphatic hydroxyl groups is 1. The smallest absolute Gasteiger partial charge is 0.225 e. The maximum Gasteiger partial charge on any atom is 0.225 e. The van der Waals surface area contributed by atoms with E-state index >= 15 is 0 Å².